The zero-order valence-electron chi connectivity index (χ0n) is 11.8. The summed E-state index contributed by atoms with van der Waals surface area (Å²) in [6.45, 7) is 0. The molecule has 7 nitrogen and oxygen atoms in total. The molecule has 0 aliphatic heterocycles. The van der Waals surface area contributed by atoms with Crippen molar-refractivity contribution in [3.05, 3.63) is 46.6 Å². The second-order valence-electron chi connectivity index (χ2n) is 4.49. The third-order valence-electron chi connectivity index (χ3n) is 3.00. The van der Waals surface area contributed by atoms with Crippen LogP contribution in [0.2, 0.25) is 0 Å². The van der Waals surface area contributed by atoms with Crippen LogP contribution in [0.1, 0.15) is 20.0 Å². The van der Waals surface area contributed by atoms with Crippen molar-refractivity contribution in [1.29, 1.82) is 0 Å². The number of hydrogen-bond donors (Lipinski definition) is 2. The summed E-state index contributed by atoms with van der Waals surface area (Å²) in [4.78, 5) is 22.4. The highest BCUT2D eigenvalue weighted by Gasteiger charge is 2.28. The Balaban J connectivity index is 2.51. The van der Waals surface area contributed by atoms with Crippen LogP contribution in [0, 0.1) is 5.82 Å². The lowest BCUT2D eigenvalue weighted by atomic mass is 10.2. The van der Waals surface area contributed by atoms with E-state index < -0.39 is 27.7 Å². The van der Waals surface area contributed by atoms with Crippen molar-refractivity contribution in [2.75, 3.05) is 11.4 Å². The molecular weight excluding hydrogens is 345 g/mol. The summed E-state index contributed by atoms with van der Waals surface area (Å²) in [7, 11) is -2.80. The highest BCUT2D eigenvalue weighted by Crippen LogP contribution is 2.30. The van der Waals surface area contributed by atoms with Crippen LogP contribution >= 0.6 is 11.3 Å². The third-order valence-corrected chi connectivity index (χ3v) is 6.39. The first-order valence-electron chi connectivity index (χ1n) is 6.12. The Morgan fingerprint density at radius 1 is 1.13 bits per heavy atom. The highest BCUT2D eigenvalue weighted by atomic mass is 32.2. The molecule has 0 saturated heterocycles. The number of nitrogens with zero attached hydrogens (tertiary/aromatic N) is 1. The standard InChI is InChI=1S/C13H12FN3O4S2/c1-17(8-4-2-7(14)3-5-8)23(20,21)10-6-9(12(15)18)11(22-10)13(16)19/h2-6H,1H3,(H2,15,18)(H2,16,19). The fourth-order valence-corrected chi connectivity index (χ4v) is 4.48. The van der Waals surface area contributed by atoms with Crippen molar-refractivity contribution in [1.82, 2.24) is 0 Å². The van der Waals surface area contributed by atoms with Gasteiger partial charge in [-0.3, -0.25) is 13.9 Å². The van der Waals surface area contributed by atoms with Crippen LogP contribution in [0.15, 0.2) is 34.5 Å². The molecule has 2 rings (SSSR count). The van der Waals surface area contributed by atoms with Gasteiger partial charge in [-0.2, -0.15) is 0 Å². The zero-order chi connectivity index (χ0) is 17.4. The molecule has 0 atom stereocenters. The number of anilines is 1. The van der Waals surface area contributed by atoms with E-state index in [9.17, 15) is 22.4 Å². The van der Waals surface area contributed by atoms with E-state index in [1.165, 1.54) is 19.2 Å². The van der Waals surface area contributed by atoms with E-state index in [1.807, 2.05) is 0 Å². The molecule has 0 aliphatic rings. The summed E-state index contributed by atoms with van der Waals surface area (Å²) in [5, 5.41) is 0. The number of amides is 2. The summed E-state index contributed by atoms with van der Waals surface area (Å²) in [5.74, 6) is -2.42. The second kappa shape index (κ2) is 5.97. The summed E-state index contributed by atoms with van der Waals surface area (Å²) < 4.78 is 38.7. The summed E-state index contributed by atoms with van der Waals surface area (Å²) >= 11 is 0.550. The summed E-state index contributed by atoms with van der Waals surface area (Å²) in [6.07, 6.45) is 0. The largest absolute Gasteiger partial charge is 0.366 e. The highest BCUT2D eigenvalue weighted by molar-refractivity contribution is 7.94. The molecule has 23 heavy (non-hydrogen) atoms. The fraction of sp³-hybridized carbons (Fsp3) is 0.0769. The first kappa shape index (κ1) is 16.9. The minimum Gasteiger partial charge on any atom is -0.366 e. The van der Waals surface area contributed by atoms with Crippen molar-refractivity contribution < 1.29 is 22.4 Å². The molecule has 2 aromatic rings. The number of carbonyl (C=O) groups excluding carboxylic acids is 2. The van der Waals surface area contributed by atoms with Crippen LogP contribution in [-0.2, 0) is 10.0 Å². The number of halogens is 1. The lowest BCUT2D eigenvalue weighted by Gasteiger charge is -2.18. The van der Waals surface area contributed by atoms with Gasteiger partial charge in [-0.25, -0.2) is 12.8 Å². The summed E-state index contributed by atoms with van der Waals surface area (Å²) in [6, 6.07) is 5.79. The lowest BCUT2D eigenvalue weighted by molar-refractivity contribution is 0.0970. The minimum atomic E-state index is -4.06. The van der Waals surface area contributed by atoms with Crippen molar-refractivity contribution in [2.45, 2.75) is 4.21 Å². The number of sulfonamides is 1. The fourth-order valence-electron chi connectivity index (χ4n) is 1.79. The van der Waals surface area contributed by atoms with Gasteiger partial charge in [-0.1, -0.05) is 0 Å². The molecule has 1 aromatic carbocycles. The first-order valence-corrected chi connectivity index (χ1v) is 8.38. The molecule has 0 aliphatic carbocycles. The van der Waals surface area contributed by atoms with Crippen molar-refractivity contribution in [3.63, 3.8) is 0 Å². The number of primary amides is 2. The Labute approximate surface area is 135 Å². The maximum atomic E-state index is 12.9. The molecule has 0 bridgehead atoms. The van der Waals surface area contributed by atoms with Crippen LogP contribution in [0.3, 0.4) is 0 Å². The van der Waals surface area contributed by atoms with E-state index in [0.717, 1.165) is 22.5 Å². The first-order chi connectivity index (χ1) is 10.6. The van der Waals surface area contributed by atoms with Crippen LogP contribution in [0.5, 0.6) is 0 Å². The van der Waals surface area contributed by atoms with Crippen molar-refractivity contribution in [3.8, 4) is 0 Å². The van der Waals surface area contributed by atoms with Gasteiger partial charge in [0.2, 0.25) is 5.91 Å². The number of nitrogens with two attached hydrogens (primary N) is 2. The van der Waals surface area contributed by atoms with Crippen LogP contribution < -0.4 is 15.8 Å². The van der Waals surface area contributed by atoms with Gasteiger partial charge in [0.05, 0.1) is 11.3 Å². The average molecular weight is 357 g/mol. The maximum Gasteiger partial charge on any atom is 0.273 e. The molecule has 0 radical (unpaired) electrons. The minimum absolute atomic E-state index is 0.209. The lowest BCUT2D eigenvalue weighted by Crippen LogP contribution is -2.25. The van der Waals surface area contributed by atoms with E-state index in [2.05, 4.69) is 0 Å². The van der Waals surface area contributed by atoms with Gasteiger partial charge in [0.1, 0.15) is 14.9 Å². The third kappa shape index (κ3) is 3.17. The number of thiophene rings is 1. The molecule has 1 heterocycles. The number of rotatable bonds is 5. The monoisotopic (exact) mass is 357 g/mol. The van der Waals surface area contributed by atoms with Crippen molar-refractivity contribution >= 4 is 38.9 Å². The predicted molar refractivity (Wildman–Crippen MR) is 83.3 cm³/mol. The number of carbonyl (C=O) groups is 2. The smallest absolute Gasteiger partial charge is 0.273 e. The molecule has 0 unspecified atom stereocenters. The van der Waals surface area contributed by atoms with Crippen LogP contribution in [0.25, 0.3) is 0 Å². The summed E-state index contributed by atoms with van der Waals surface area (Å²) in [5.41, 5.74) is 10.2. The van der Waals surface area contributed by atoms with Crippen LogP contribution in [0.4, 0.5) is 10.1 Å². The van der Waals surface area contributed by atoms with Crippen molar-refractivity contribution in [2.24, 2.45) is 11.5 Å². The van der Waals surface area contributed by atoms with E-state index in [0.29, 0.717) is 11.3 Å². The van der Waals surface area contributed by atoms with Gasteiger partial charge >= 0.3 is 0 Å². The Bertz CT molecular complexity index is 844. The van der Waals surface area contributed by atoms with Gasteiger partial charge in [0.15, 0.2) is 0 Å². The molecule has 0 spiro atoms. The molecule has 2 amide bonds. The van der Waals surface area contributed by atoms with Crippen LogP contribution in [-0.4, -0.2) is 27.3 Å². The maximum absolute atomic E-state index is 12.9. The number of hydrogen-bond acceptors (Lipinski definition) is 5. The number of benzene rings is 1. The molecule has 4 N–H and O–H groups in total. The average Bonchev–Trinajstić information content (AvgIpc) is 2.93. The van der Waals surface area contributed by atoms with E-state index in [-0.39, 0.29) is 20.3 Å². The Morgan fingerprint density at radius 2 is 1.70 bits per heavy atom. The zero-order valence-corrected chi connectivity index (χ0v) is 13.4. The molecule has 122 valence electrons. The Morgan fingerprint density at radius 3 is 2.13 bits per heavy atom. The molecular formula is C13H12FN3O4S2. The molecule has 0 fully saturated rings. The molecule has 10 heteroatoms. The van der Waals surface area contributed by atoms with Gasteiger partial charge in [-0.15, -0.1) is 11.3 Å². The van der Waals surface area contributed by atoms with E-state index in [1.54, 1.807) is 0 Å². The SMILES string of the molecule is CN(c1ccc(F)cc1)S(=O)(=O)c1cc(C(N)=O)c(C(N)=O)s1. The topological polar surface area (TPSA) is 124 Å². The van der Waals surface area contributed by atoms with Gasteiger partial charge < -0.3 is 11.5 Å². The molecule has 0 saturated carbocycles. The normalized spacial score (nSPS) is 11.2. The van der Waals surface area contributed by atoms with E-state index >= 15 is 0 Å². The van der Waals surface area contributed by atoms with Gasteiger partial charge in [0, 0.05) is 7.05 Å². The predicted octanol–water partition coefficient (Wildman–Crippen LogP) is 0.910. The molecule has 1 aromatic heterocycles. The quantitative estimate of drug-likeness (QED) is 0.825. The van der Waals surface area contributed by atoms with Gasteiger partial charge in [-0.05, 0) is 30.3 Å². The van der Waals surface area contributed by atoms with Gasteiger partial charge in [0.25, 0.3) is 15.9 Å². The second-order valence-corrected chi connectivity index (χ2v) is 7.73. The Kier molecular flexibility index (Phi) is 4.39. The Hall–Kier alpha value is -2.46. The van der Waals surface area contributed by atoms with E-state index in [4.69, 9.17) is 11.5 Å².